The molecule has 76 valence electrons. The Kier molecular flexibility index (Phi) is 2.56. The zero-order valence-corrected chi connectivity index (χ0v) is 8.74. The third-order valence-corrected chi connectivity index (χ3v) is 2.19. The summed E-state index contributed by atoms with van der Waals surface area (Å²) >= 11 is 5.65. The van der Waals surface area contributed by atoms with Crippen LogP contribution in [0.1, 0.15) is 0 Å². The molecule has 0 aliphatic heterocycles. The van der Waals surface area contributed by atoms with Gasteiger partial charge in [0.05, 0.1) is 23.8 Å². The summed E-state index contributed by atoms with van der Waals surface area (Å²) in [6, 6.07) is 7.21. The van der Waals surface area contributed by atoms with Gasteiger partial charge < -0.3 is 0 Å². The Balaban J connectivity index is 2.65. The van der Waals surface area contributed by atoms with Crippen LogP contribution >= 0.6 is 11.6 Å². The molecule has 0 bridgehead atoms. The number of nitrogens with zero attached hydrogens (tertiary/aromatic N) is 2. The molecule has 3 nitrogen and oxygen atoms in total. The van der Waals surface area contributed by atoms with Crippen LogP contribution in [0, 0.1) is 0 Å². The smallest absolute Gasteiger partial charge is 0.261 e. The molecule has 0 fully saturated rings. The van der Waals surface area contributed by atoms with Gasteiger partial charge in [0.15, 0.2) is 0 Å². The number of hydrogen-bond donors (Lipinski definition) is 0. The summed E-state index contributed by atoms with van der Waals surface area (Å²) in [4.78, 5) is 16.0. The van der Waals surface area contributed by atoms with Gasteiger partial charge in [-0.1, -0.05) is 30.3 Å². The van der Waals surface area contributed by atoms with Crippen LogP contribution in [0.15, 0.2) is 47.0 Å². The molecular weight excluding hydrogens is 212 g/mol. The van der Waals surface area contributed by atoms with E-state index in [2.05, 4.69) is 11.6 Å². The molecule has 0 saturated carbocycles. The van der Waals surface area contributed by atoms with Crippen molar-refractivity contribution in [3.63, 3.8) is 0 Å². The van der Waals surface area contributed by atoms with Crippen molar-refractivity contribution in [2.45, 2.75) is 6.54 Å². The minimum Gasteiger partial charge on any atom is -0.293 e. The lowest BCUT2D eigenvalue weighted by molar-refractivity contribution is 0.759. The maximum atomic E-state index is 11.9. The highest BCUT2D eigenvalue weighted by molar-refractivity contribution is 6.29. The van der Waals surface area contributed by atoms with E-state index < -0.39 is 0 Å². The Hall–Kier alpha value is -1.61. The first-order valence-corrected chi connectivity index (χ1v) is 4.84. The standard InChI is InChI=1S/C11H9ClN2O/c1-8(12)6-14-7-13-10-5-3-2-4-9(10)11(14)15/h2-5,7H,1,6H2. The number of benzene rings is 1. The van der Waals surface area contributed by atoms with E-state index in [0.717, 1.165) is 0 Å². The molecule has 1 aromatic carbocycles. The maximum absolute atomic E-state index is 11.9. The Morgan fingerprint density at radius 2 is 2.20 bits per heavy atom. The van der Waals surface area contributed by atoms with Crippen molar-refractivity contribution in [1.82, 2.24) is 9.55 Å². The molecule has 0 aliphatic carbocycles. The largest absolute Gasteiger partial charge is 0.293 e. The van der Waals surface area contributed by atoms with Gasteiger partial charge in [-0.25, -0.2) is 4.98 Å². The van der Waals surface area contributed by atoms with Crippen LogP contribution in [0.2, 0.25) is 0 Å². The van der Waals surface area contributed by atoms with E-state index in [1.165, 1.54) is 10.9 Å². The van der Waals surface area contributed by atoms with Gasteiger partial charge in [0.25, 0.3) is 5.56 Å². The lowest BCUT2D eigenvalue weighted by atomic mass is 10.2. The third kappa shape index (κ3) is 1.92. The lowest BCUT2D eigenvalue weighted by Gasteiger charge is -2.04. The third-order valence-electron chi connectivity index (χ3n) is 2.07. The molecular formula is C11H9ClN2O. The minimum absolute atomic E-state index is 0.0950. The fourth-order valence-corrected chi connectivity index (χ4v) is 1.53. The van der Waals surface area contributed by atoms with Gasteiger partial charge in [-0.15, -0.1) is 0 Å². The zero-order chi connectivity index (χ0) is 10.8. The highest BCUT2D eigenvalue weighted by atomic mass is 35.5. The van der Waals surface area contributed by atoms with E-state index in [1.807, 2.05) is 12.1 Å². The van der Waals surface area contributed by atoms with Crippen LogP contribution in [0.25, 0.3) is 10.9 Å². The van der Waals surface area contributed by atoms with E-state index in [9.17, 15) is 4.79 Å². The van der Waals surface area contributed by atoms with Crippen molar-refractivity contribution in [2.75, 3.05) is 0 Å². The Morgan fingerprint density at radius 1 is 1.47 bits per heavy atom. The average molecular weight is 221 g/mol. The number of fused-ring (bicyclic) bond motifs is 1. The number of halogens is 1. The highest BCUT2D eigenvalue weighted by Crippen LogP contribution is 2.06. The molecule has 0 spiro atoms. The van der Waals surface area contributed by atoms with E-state index in [1.54, 1.807) is 12.1 Å². The molecule has 15 heavy (non-hydrogen) atoms. The molecule has 0 saturated heterocycles. The fourth-order valence-electron chi connectivity index (χ4n) is 1.40. The fraction of sp³-hybridized carbons (Fsp3) is 0.0909. The lowest BCUT2D eigenvalue weighted by Crippen LogP contribution is -2.20. The van der Waals surface area contributed by atoms with Gasteiger partial charge in [-0.05, 0) is 12.1 Å². The molecule has 2 aromatic rings. The summed E-state index contributed by atoms with van der Waals surface area (Å²) < 4.78 is 1.44. The second kappa shape index (κ2) is 3.87. The maximum Gasteiger partial charge on any atom is 0.261 e. The van der Waals surface area contributed by atoms with Gasteiger partial charge in [0.1, 0.15) is 0 Å². The van der Waals surface area contributed by atoms with Gasteiger partial charge >= 0.3 is 0 Å². The topological polar surface area (TPSA) is 34.9 Å². The molecule has 0 unspecified atom stereocenters. The number of allylic oxidation sites excluding steroid dienone is 1. The number of para-hydroxylation sites is 1. The summed E-state index contributed by atoms with van der Waals surface area (Å²) in [6.07, 6.45) is 1.48. The summed E-state index contributed by atoms with van der Waals surface area (Å²) in [6.45, 7) is 3.84. The molecule has 2 rings (SSSR count). The van der Waals surface area contributed by atoms with Crippen molar-refractivity contribution in [3.8, 4) is 0 Å². The average Bonchev–Trinajstić information content (AvgIpc) is 2.22. The number of hydrogen-bond acceptors (Lipinski definition) is 2. The first kappa shape index (κ1) is 9.93. The molecule has 1 aromatic heterocycles. The van der Waals surface area contributed by atoms with E-state index >= 15 is 0 Å². The normalized spacial score (nSPS) is 10.5. The van der Waals surface area contributed by atoms with Crippen LogP contribution in [-0.2, 0) is 6.54 Å². The number of rotatable bonds is 2. The van der Waals surface area contributed by atoms with Crippen LogP contribution in [-0.4, -0.2) is 9.55 Å². The SMILES string of the molecule is C=C(Cl)Cn1cnc2ccccc2c1=O. The van der Waals surface area contributed by atoms with Crippen LogP contribution in [0.5, 0.6) is 0 Å². The van der Waals surface area contributed by atoms with Crippen molar-refractivity contribution < 1.29 is 0 Å². The van der Waals surface area contributed by atoms with Gasteiger partial charge in [-0.2, -0.15) is 0 Å². The molecule has 0 atom stereocenters. The molecule has 4 heteroatoms. The van der Waals surface area contributed by atoms with Gasteiger partial charge in [-0.3, -0.25) is 9.36 Å². The molecule has 0 radical (unpaired) electrons. The van der Waals surface area contributed by atoms with Crippen LogP contribution in [0.4, 0.5) is 0 Å². The summed E-state index contributed by atoms with van der Waals surface area (Å²) in [5.74, 6) is 0. The second-order valence-corrected chi connectivity index (χ2v) is 3.75. The Labute approximate surface area is 91.6 Å². The predicted molar refractivity (Wildman–Crippen MR) is 61.0 cm³/mol. The number of aromatic nitrogens is 2. The highest BCUT2D eigenvalue weighted by Gasteiger charge is 2.02. The van der Waals surface area contributed by atoms with E-state index in [4.69, 9.17) is 11.6 Å². The van der Waals surface area contributed by atoms with Crippen molar-refractivity contribution >= 4 is 22.5 Å². The summed E-state index contributed by atoms with van der Waals surface area (Å²) in [5.41, 5.74) is 0.598. The van der Waals surface area contributed by atoms with Gasteiger partial charge in [0.2, 0.25) is 0 Å². The minimum atomic E-state index is -0.0950. The summed E-state index contributed by atoms with van der Waals surface area (Å²) in [7, 11) is 0. The molecule has 0 N–H and O–H groups in total. The second-order valence-electron chi connectivity index (χ2n) is 3.21. The molecule has 1 heterocycles. The molecule has 0 aliphatic rings. The first-order chi connectivity index (χ1) is 7.18. The first-order valence-electron chi connectivity index (χ1n) is 4.46. The van der Waals surface area contributed by atoms with Crippen molar-refractivity contribution in [1.29, 1.82) is 0 Å². The van der Waals surface area contributed by atoms with Crippen molar-refractivity contribution in [2.24, 2.45) is 0 Å². The predicted octanol–water partition coefficient (Wildman–Crippen LogP) is 2.15. The van der Waals surface area contributed by atoms with Crippen LogP contribution in [0.3, 0.4) is 0 Å². The van der Waals surface area contributed by atoms with Crippen LogP contribution < -0.4 is 5.56 Å². The van der Waals surface area contributed by atoms with Crippen molar-refractivity contribution in [3.05, 3.63) is 52.6 Å². The monoisotopic (exact) mass is 220 g/mol. The Morgan fingerprint density at radius 3 is 2.93 bits per heavy atom. The van der Waals surface area contributed by atoms with E-state index in [-0.39, 0.29) is 12.1 Å². The van der Waals surface area contributed by atoms with Gasteiger partial charge in [0, 0.05) is 5.03 Å². The molecule has 0 amide bonds. The van der Waals surface area contributed by atoms with E-state index in [0.29, 0.717) is 15.9 Å². The summed E-state index contributed by atoms with van der Waals surface area (Å²) in [5, 5.41) is 1.01. The quantitative estimate of drug-likeness (QED) is 0.777. The Bertz CT molecular complexity index is 574. The zero-order valence-electron chi connectivity index (χ0n) is 7.98.